The summed E-state index contributed by atoms with van der Waals surface area (Å²) in [4.78, 5) is 14.0. The molecule has 0 bridgehead atoms. The summed E-state index contributed by atoms with van der Waals surface area (Å²) in [5, 5.41) is 10.4. The summed E-state index contributed by atoms with van der Waals surface area (Å²) >= 11 is 3.30. The second-order valence-corrected chi connectivity index (χ2v) is 8.14. The van der Waals surface area contributed by atoms with E-state index in [1.165, 1.54) is 30.4 Å². The molecule has 1 aliphatic heterocycles. The molecule has 1 amide bonds. The van der Waals surface area contributed by atoms with Crippen LogP contribution in [0.1, 0.15) is 25.3 Å². The number of hydrogen-bond donors (Lipinski definition) is 1. The number of hydrogen-bond acceptors (Lipinski definition) is 4. The number of carbonyl (C=O) groups excluding carboxylic acids is 1. The molecule has 0 saturated carbocycles. The van der Waals surface area contributed by atoms with Crippen molar-refractivity contribution < 1.29 is 9.90 Å². The molecule has 0 aromatic heterocycles. The molecule has 0 spiro atoms. The highest BCUT2D eigenvalue weighted by atomic mass is 32.2. The molecule has 1 saturated heterocycles. The maximum atomic E-state index is 12.0. The van der Waals surface area contributed by atoms with Gasteiger partial charge in [-0.1, -0.05) is 67.6 Å². The standard InChI is InChI=1S/C19H27NO2S2/c1-2-3-12-23-13-11-20-17(15-24-19(20)22)9-10-18(21)14-16-7-5-4-6-8-16/h4-10,17-18,21H,2-3,11-15H2,1H3/b10-9+/t17-,18+/m0/s1. The van der Waals surface area contributed by atoms with Gasteiger partial charge in [-0.15, -0.1) is 0 Å². The molecule has 132 valence electrons. The molecule has 1 fully saturated rings. The number of benzene rings is 1. The Bertz CT molecular complexity index is 521. The van der Waals surface area contributed by atoms with E-state index in [0.717, 1.165) is 23.6 Å². The van der Waals surface area contributed by atoms with Gasteiger partial charge >= 0.3 is 0 Å². The van der Waals surface area contributed by atoms with Crippen LogP contribution in [0.2, 0.25) is 0 Å². The SMILES string of the molecule is CCCCSCCN1C(=O)SC[C@@H]1/C=C/[C@@H](O)Cc1ccccc1. The van der Waals surface area contributed by atoms with E-state index >= 15 is 0 Å². The molecular weight excluding hydrogens is 338 g/mol. The quantitative estimate of drug-likeness (QED) is 0.498. The Morgan fingerprint density at radius 2 is 2.17 bits per heavy atom. The Labute approximate surface area is 153 Å². The predicted octanol–water partition coefficient (Wildman–Crippen LogP) is 4.22. The first-order valence-corrected chi connectivity index (χ1v) is 10.8. The van der Waals surface area contributed by atoms with Gasteiger partial charge in [0, 0.05) is 24.5 Å². The maximum Gasteiger partial charge on any atom is 0.282 e. The molecule has 3 nitrogen and oxygen atoms in total. The number of amides is 1. The van der Waals surface area contributed by atoms with E-state index in [9.17, 15) is 9.90 Å². The van der Waals surface area contributed by atoms with Crippen LogP contribution in [-0.2, 0) is 6.42 Å². The Hall–Kier alpha value is -0.910. The van der Waals surface area contributed by atoms with Crippen molar-refractivity contribution in [1.82, 2.24) is 4.90 Å². The lowest BCUT2D eigenvalue weighted by Gasteiger charge is -2.21. The van der Waals surface area contributed by atoms with E-state index in [1.807, 2.05) is 59.1 Å². The number of unbranched alkanes of at least 4 members (excludes halogenated alkanes) is 1. The molecular formula is C19H27NO2S2. The molecule has 0 aliphatic carbocycles. The van der Waals surface area contributed by atoms with Gasteiger partial charge in [0.25, 0.3) is 5.24 Å². The molecule has 0 unspecified atom stereocenters. The van der Waals surface area contributed by atoms with Crippen molar-refractivity contribution in [3.8, 4) is 0 Å². The third-order valence-corrected chi connectivity index (χ3v) is 6.01. The molecule has 2 rings (SSSR count). The summed E-state index contributed by atoms with van der Waals surface area (Å²) in [6.45, 7) is 2.99. The zero-order valence-corrected chi connectivity index (χ0v) is 15.9. The number of rotatable bonds is 10. The Kier molecular flexibility index (Phi) is 8.78. The first kappa shape index (κ1) is 19.4. The number of carbonyl (C=O) groups is 1. The zero-order chi connectivity index (χ0) is 17.2. The van der Waals surface area contributed by atoms with Crippen molar-refractivity contribution in [2.45, 2.75) is 38.3 Å². The van der Waals surface area contributed by atoms with Gasteiger partial charge in [-0.05, 0) is 17.7 Å². The van der Waals surface area contributed by atoms with Crippen LogP contribution in [0.3, 0.4) is 0 Å². The van der Waals surface area contributed by atoms with Crippen molar-refractivity contribution in [2.24, 2.45) is 0 Å². The van der Waals surface area contributed by atoms with Crippen LogP contribution < -0.4 is 0 Å². The first-order chi connectivity index (χ1) is 11.7. The zero-order valence-electron chi connectivity index (χ0n) is 14.3. The van der Waals surface area contributed by atoms with Crippen LogP contribution in [0.25, 0.3) is 0 Å². The second-order valence-electron chi connectivity index (χ2n) is 5.95. The fraction of sp³-hybridized carbons (Fsp3) is 0.526. The summed E-state index contributed by atoms with van der Waals surface area (Å²) in [5.41, 5.74) is 1.12. The van der Waals surface area contributed by atoms with E-state index in [-0.39, 0.29) is 11.3 Å². The van der Waals surface area contributed by atoms with Gasteiger partial charge in [-0.25, -0.2) is 0 Å². The third-order valence-electron chi connectivity index (χ3n) is 3.97. The van der Waals surface area contributed by atoms with Gasteiger partial charge in [0.05, 0.1) is 12.1 Å². The molecule has 1 aliphatic rings. The summed E-state index contributed by atoms with van der Waals surface area (Å²) in [5.74, 6) is 2.94. The summed E-state index contributed by atoms with van der Waals surface area (Å²) < 4.78 is 0. The summed E-state index contributed by atoms with van der Waals surface area (Å²) in [6, 6.07) is 10.1. The molecule has 5 heteroatoms. The van der Waals surface area contributed by atoms with Crippen molar-refractivity contribution in [1.29, 1.82) is 0 Å². The van der Waals surface area contributed by atoms with Crippen molar-refractivity contribution in [3.63, 3.8) is 0 Å². The lowest BCUT2D eigenvalue weighted by atomic mass is 10.1. The Morgan fingerprint density at radius 3 is 2.92 bits per heavy atom. The summed E-state index contributed by atoms with van der Waals surface area (Å²) in [6.07, 6.45) is 6.40. The number of nitrogens with zero attached hydrogens (tertiary/aromatic N) is 1. The van der Waals surface area contributed by atoms with Crippen LogP contribution in [0, 0.1) is 0 Å². The van der Waals surface area contributed by atoms with E-state index in [4.69, 9.17) is 0 Å². The van der Waals surface area contributed by atoms with E-state index in [0.29, 0.717) is 6.42 Å². The Morgan fingerprint density at radius 1 is 1.38 bits per heavy atom. The minimum atomic E-state index is -0.506. The van der Waals surface area contributed by atoms with Crippen LogP contribution >= 0.6 is 23.5 Å². The summed E-state index contributed by atoms with van der Waals surface area (Å²) in [7, 11) is 0. The van der Waals surface area contributed by atoms with Crippen molar-refractivity contribution in [2.75, 3.05) is 23.8 Å². The van der Waals surface area contributed by atoms with E-state index < -0.39 is 6.10 Å². The number of aliphatic hydroxyl groups excluding tert-OH is 1. The smallest absolute Gasteiger partial charge is 0.282 e. The molecule has 1 aromatic carbocycles. The van der Waals surface area contributed by atoms with E-state index in [2.05, 4.69) is 6.92 Å². The minimum absolute atomic E-state index is 0.111. The molecule has 24 heavy (non-hydrogen) atoms. The predicted molar refractivity (Wildman–Crippen MR) is 106 cm³/mol. The fourth-order valence-electron chi connectivity index (χ4n) is 2.57. The van der Waals surface area contributed by atoms with Crippen molar-refractivity contribution in [3.05, 3.63) is 48.0 Å². The van der Waals surface area contributed by atoms with Crippen LogP contribution in [-0.4, -0.2) is 51.2 Å². The highest BCUT2D eigenvalue weighted by molar-refractivity contribution is 8.13. The van der Waals surface area contributed by atoms with Gasteiger partial charge in [0.2, 0.25) is 0 Å². The molecule has 1 aromatic rings. The van der Waals surface area contributed by atoms with Gasteiger partial charge < -0.3 is 10.0 Å². The van der Waals surface area contributed by atoms with Crippen LogP contribution in [0.5, 0.6) is 0 Å². The maximum absolute atomic E-state index is 12.0. The van der Waals surface area contributed by atoms with Gasteiger partial charge in [-0.2, -0.15) is 11.8 Å². The number of thioether (sulfide) groups is 2. The lowest BCUT2D eigenvalue weighted by Crippen LogP contribution is -2.34. The van der Waals surface area contributed by atoms with Crippen LogP contribution in [0.15, 0.2) is 42.5 Å². The largest absolute Gasteiger partial charge is 0.389 e. The van der Waals surface area contributed by atoms with Crippen molar-refractivity contribution >= 4 is 28.8 Å². The normalized spacial score (nSPS) is 19.3. The number of aliphatic hydroxyl groups is 1. The molecule has 1 heterocycles. The molecule has 2 atom stereocenters. The fourth-order valence-corrected chi connectivity index (χ4v) is 4.59. The average molecular weight is 366 g/mol. The van der Waals surface area contributed by atoms with Gasteiger partial charge in [-0.3, -0.25) is 4.79 Å². The Balaban J connectivity index is 1.79. The third kappa shape index (κ3) is 6.54. The van der Waals surface area contributed by atoms with E-state index in [1.54, 1.807) is 0 Å². The molecule has 1 N–H and O–H groups in total. The topological polar surface area (TPSA) is 40.5 Å². The van der Waals surface area contributed by atoms with Gasteiger partial charge in [0.1, 0.15) is 0 Å². The monoisotopic (exact) mass is 365 g/mol. The lowest BCUT2D eigenvalue weighted by molar-refractivity contribution is 0.217. The highest BCUT2D eigenvalue weighted by Crippen LogP contribution is 2.25. The first-order valence-electron chi connectivity index (χ1n) is 8.62. The molecule has 0 radical (unpaired) electrons. The average Bonchev–Trinajstić information content (AvgIpc) is 2.94. The second kappa shape index (κ2) is 10.9. The minimum Gasteiger partial charge on any atom is -0.389 e. The van der Waals surface area contributed by atoms with Gasteiger partial charge in [0.15, 0.2) is 0 Å². The highest BCUT2D eigenvalue weighted by Gasteiger charge is 2.29. The van der Waals surface area contributed by atoms with Crippen LogP contribution in [0.4, 0.5) is 4.79 Å².